The van der Waals surface area contributed by atoms with Gasteiger partial charge in [-0.25, -0.2) is 0 Å². The van der Waals surface area contributed by atoms with Crippen molar-refractivity contribution in [1.29, 1.82) is 0 Å². The minimum absolute atomic E-state index is 0.0844. The number of methoxy groups -OCH3 is 1. The number of aromatic nitrogens is 2. The zero-order valence-corrected chi connectivity index (χ0v) is 17.0. The molecule has 1 aliphatic rings. The summed E-state index contributed by atoms with van der Waals surface area (Å²) < 4.78 is 7.60. The lowest BCUT2D eigenvalue weighted by molar-refractivity contribution is 0.413. The fourth-order valence-electron chi connectivity index (χ4n) is 2.99. The molecule has 0 fully saturated rings. The Morgan fingerprint density at radius 2 is 2.11 bits per heavy atom. The molecule has 0 aliphatic carbocycles. The first-order valence-electron chi connectivity index (χ1n) is 8.26. The zero-order chi connectivity index (χ0) is 19.8. The van der Waals surface area contributed by atoms with Gasteiger partial charge in [-0.1, -0.05) is 22.0 Å². The van der Waals surface area contributed by atoms with E-state index < -0.39 is 5.56 Å². The highest BCUT2D eigenvalue weighted by Gasteiger charge is 2.17. The molecule has 2 N–H and O–H groups in total. The molecule has 0 saturated heterocycles. The van der Waals surface area contributed by atoms with Crippen LogP contribution < -0.4 is 10.3 Å². The first-order valence-corrected chi connectivity index (χ1v) is 9.46. The van der Waals surface area contributed by atoms with E-state index in [0.29, 0.717) is 17.0 Å². The highest BCUT2D eigenvalue weighted by Crippen LogP contribution is 2.35. The van der Waals surface area contributed by atoms with Crippen LogP contribution in [-0.2, 0) is 0 Å². The molecule has 0 unspecified atom stereocenters. The fourth-order valence-corrected chi connectivity index (χ4v) is 3.63. The molecule has 0 atom stereocenters. The molecule has 0 spiro atoms. The molecule has 0 saturated carbocycles. The molecule has 4 rings (SSSR count). The molecule has 3 aromatic rings. The van der Waals surface area contributed by atoms with Gasteiger partial charge in [-0.05, 0) is 48.6 Å². The van der Waals surface area contributed by atoms with Gasteiger partial charge in [-0.15, -0.1) is 0 Å². The van der Waals surface area contributed by atoms with Gasteiger partial charge < -0.3 is 9.84 Å². The standard InChI is InChI=1S/C20H14BrN3O3S/c1-27-14-4-2-3-13(9-14)24-19(26)16(18(25)23-20(24)28)7-11-10-22-17-6-5-12(21)8-15(11)17/h2-10,26H,1H3,(H,23,25,28)/b11-7+. The van der Waals surface area contributed by atoms with Gasteiger partial charge in [0.25, 0.3) is 5.56 Å². The van der Waals surface area contributed by atoms with E-state index in [1.54, 1.807) is 43.7 Å². The highest BCUT2D eigenvalue weighted by atomic mass is 79.9. The maximum atomic E-state index is 12.5. The molecule has 0 amide bonds. The first kappa shape index (κ1) is 18.4. The van der Waals surface area contributed by atoms with Gasteiger partial charge in [0.15, 0.2) is 4.77 Å². The van der Waals surface area contributed by atoms with Crippen molar-refractivity contribution in [1.82, 2.24) is 9.55 Å². The van der Waals surface area contributed by atoms with Crippen molar-refractivity contribution < 1.29 is 9.84 Å². The Morgan fingerprint density at radius 3 is 2.89 bits per heavy atom. The Hall–Kier alpha value is -2.97. The first-order chi connectivity index (χ1) is 13.5. The van der Waals surface area contributed by atoms with E-state index in [-0.39, 0.29) is 16.2 Å². The molecule has 0 bridgehead atoms. The normalized spacial score (nSPS) is 13.7. The van der Waals surface area contributed by atoms with Crippen LogP contribution in [0.1, 0.15) is 11.1 Å². The lowest BCUT2D eigenvalue weighted by Crippen LogP contribution is -2.16. The third-order valence-electron chi connectivity index (χ3n) is 4.34. The van der Waals surface area contributed by atoms with Gasteiger partial charge >= 0.3 is 0 Å². The van der Waals surface area contributed by atoms with Crippen molar-refractivity contribution in [2.75, 3.05) is 7.11 Å². The van der Waals surface area contributed by atoms with Crippen LogP contribution in [0.15, 0.2) is 56.7 Å². The maximum absolute atomic E-state index is 12.5. The predicted octanol–water partition coefficient (Wildman–Crippen LogP) is 4.63. The summed E-state index contributed by atoms with van der Waals surface area (Å²) in [5.41, 5.74) is 2.55. The molecule has 1 aromatic heterocycles. The summed E-state index contributed by atoms with van der Waals surface area (Å²) in [6.07, 6.45) is 3.26. The van der Waals surface area contributed by atoms with Crippen LogP contribution in [-0.4, -0.2) is 28.0 Å². The SMILES string of the molecule is COc1cccc(-n2c(O)c(/C=C3\C=Nc4ccc(Br)cc43)c(=O)[nH]c2=S)c1. The van der Waals surface area contributed by atoms with E-state index in [4.69, 9.17) is 17.0 Å². The summed E-state index contributed by atoms with van der Waals surface area (Å²) in [6.45, 7) is 0. The van der Waals surface area contributed by atoms with Gasteiger partial charge in [0.1, 0.15) is 11.3 Å². The smallest absolute Gasteiger partial charge is 0.262 e. The number of aromatic hydroxyl groups is 1. The van der Waals surface area contributed by atoms with Crippen LogP contribution in [0.3, 0.4) is 0 Å². The number of hydrogen-bond acceptors (Lipinski definition) is 5. The van der Waals surface area contributed by atoms with Crippen LogP contribution in [0.2, 0.25) is 0 Å². The molecule has 2 heterocycles. The van der Waals surface area contributed by atoms with Crippen molar-refractivity contribution in [3.8, 4) is 17.3 Å². The summed E-state index contributed by atoms with van der Waals surface area (Å²) in [5, 5.41) is 10.9. The van der Waals surface area contributed by atoms with E-state index in [1.807, 2.05) is 18.2 Å². The number of benzene rings is 2. The lowest BCUT2D eigenvalue weighted by atomic mass is 10.1. The second-order valence-electron chi connectivity index (χ2n) is 6.05. The third-order valence-corrected chi connectivity index (χ3v) is 5.12. The predicted molar refractivity (Wildman–Crippen MR) is 116 cm³/mol. The van der Waals surface area contributed by atoms with Crippen molar-refractivity contribution >= 4 is 51.7 Å². The quantitative estimate of drug-likeness (QED) is 0.564. The van der Waals surface area contributed by atoms with Crippen molar-refractivity contribution in [2.45, 2.75) is 0 Å². The van der Waals surface area contributed by atoms with Gasteiger partial charge in [-0.2, -0.15) is 0 Å². The number of hydrogen-bond donors (Lipinski definition) is 2. The van der Waals surface area contributed by atoms with Crippen molar-refractivity contribution in [3.05, 3.63) is 73.2 Å². The largest absolute Gasteiger partial charge is 0.497 e. The summed E-state index contributed by atoms with van der Waals surface area (Å²) in [4.78, 5) is 19.5. The molecular formula is C20H14BrN3O3S. The number of rotatable bonds is 3. The minimum atomic E-state index is -0.481. The van der Waals surface area contributed by atoms with Gasteiger partial charge in [0.2, 0.25) is 5.88 Å². The summed E-state index contributed by atoms with van der Waals surface area (Å²) in [7, 11) is 1.55. The third kappa shape index (κ3) is 3.21. The Kier molecular flexibility index (Phi) is 4.74. The maximum Gasteiger partial charge on any atom is 0.262 e. The van der Waals surface area contributed by atoms with E-state index in [9.17, 15) is 9.90 Å². The van der Waals surface area contributed by atoms with Crippen LogP contribution in [0.25, 0.3) is 17.3 Å². The van der Waals surface area contributed by atoms with Crippen LogP contribution in [0.4, 0.5) is 5.69 Å². The summed E-state index contributed by atoms with van der Waals surface area (Å²) >= 11 is 8.71. The number of halogens is 1. The second kappa shape index (κ2) is 7.21. The molecule has 8 heteroatoms. The van der Waals surface area contributed by atoms with E-state index in [1.165, 1.54) is 4.57 Å². The lowest BCUT2D eigenvalue weighted by Gasteiger charge is -2.12. The van der Waals surface area contributed by atoms with E-state index in [2.05, 4.69) is 25.9 Å². The minimum Gasteiger partial charge on any atom is -0.497 e. The molecule has 28 heavy (non-hydrogen) atoms. The Bertz CT molecular complexity index is 1270. The van der Waals surface area contributed by atoms with Gasteiger partial charge in [0.05, 0.1) is 18.5 Å². The number of nitrogens with one attached hydrogen (secondary N) is 1. The molecule has 140 valence electrons. The number of ether oxygens (including phenoxy) is 1. The van der Waals surface area contributed by atoms with Crippen LogP contribution in [0.5, 0.6) is 11.6 Å². The number of nitrogens with zero attached hydrogens (tertiary/aromatic N) is 2. The number of aromatic amines is 1. The van der Waals surface area contributed by atoms with Crippen LogP contribution >= 0.6 is 28.1 Å². The summed E-state index contributed by atoms with van der Waals surface area (Å²) in [6, 6.07) is 12.7. The molecule has 0 radical (unpaired) electrons. The van der Waals surface area contributed by atoms with E-state index >= 15 is 0 Å². The molecule has 1 aliphatic heterocycles. The number of allylic oxidation sites excluding steroid dienone is 1. The number of fused-ring (bicyclic) bond motifs is 1. The van der Waals surface area contributed by atoms with Crippen molar-refractivity contribution in [2.24, 2.45) is 4.99 Å². The van der Waals surface area contributed by atoms with Gasteiger partial charge in [0, 0.05) is 27.9 Å². The second-order valence-corrected chi connectivity index (χ2v) is 7.36. The van der Waals surface area contributed by atoms with E-state index in [0.717, 1.165) is 15.7 Å². The van der Waals surface area contributed by atoms with Crippen LogP contribution in [0, 0.1) is 4.77 Å². The fraction of sp³-hybridized carbons (Fsp3) is 0.0500. The zero-order valence-electron chi connectivity index (χ0n) is 14.6. The monoisotopic (exact) mass is 455 g/mol. The average molecular weight is 456 g/mol. The number of aliphatic imine (C=N–C) groups is 1. The van der Waals surface area contributed by atoms with Crippen molar-refractivity contribution in [3.63, 3.8) is 0 Å². The van der Waals surface area contributed by atoms with Gasteiger partial charge in [-0.3, -0.25) is 19.3 Å². The number of H-pyrrole nitrogens is 1. The Labute approximate surface area is 173 Å². The highest BCUT2D eigenvalue weighted by molar-refractivity contribution is 9.10. The molecular weight excluding hydrogens is 442 g/mol. The molecule has 2 aromatic carbocycles. The average Bonchev–Trinajstić information content (AvgIpc) is 3.07. The Balaban J connectivity index is 1.91. The molecule has 6 nitrogen and oxygen atoms in total. The Morgan fingerprint density at radius 1 is 1.29 bits per heavy atom. The summed E-state index contributed by atoms with van der Waals surface area (Å²) in [5.74, 6) is 0.345. The topological polar surface area (TPSA) is 79.6 Å².